The standard InChI is InChI=1S/C9H10BrN.C8H10AsNO5/c1-11-5-7-3-2-4-9(10)8(7)6-11;1-5(11)10-6-2-3-7(8(12)4-6)9(13,14)15/h2-4H,5-6H2,1H3;2-4,12H,1H3,(H,10,11)(H2,13,14,15). The van der Waals surface area contributed by atoms with Crippen LogP contribution in [-0.4, -0.2) is 45.3 Å². The summed E-state index contributed by atoms with van der Waals surface area (Å²) in [6.07, 6.45) is 0. The van der Waals surface area contributed by atoms with Crippen molar-refractivity contribution < 1.29 is 21.8 Å². The fraction of sp³-hybridized carbons (Fsp3) is 0.235. The minimum absolute atomic E-state index is 0.285. The van der Waals surface area contributed by atoms with Gasteiger partial charge in [-0.1, -0.05) is 28.1 Å². The number of anilines is 1. The molecule has 140 valence electrons. The quantitative estimate of drug-likeness (QED) is 0.476. The van der Waals surface area contributed by atoms with E-state index < -0.39 is 24.3 Å². The Hall–Kier alpha value is -1.57. The summed E-state index contributed by atoms with van der Waals surface area (Å²) in [6, 6.07) is 9.91. The zero-order chi connectivity index (χ0) is 19.5. The average molecular weight is 487 g/mol. The summed E-state index contributed by atoms with van der Waals surface area (Å²) in [6.45, 7) is 3.46. The molecule has 26 heavy (non-hydrogen) atoms. The molecule has 0 spiro atoms. The summed E-state index contributed by atoms with van der Waals surface area (Å²) in [5, 5.41) is 11.7. The molecule has 9 heteroatoms. The predicted octanol–water partition coefficient (Wildman–Crippen LogP) is 1.31. The Morgan fingerprint density at radius 3 is 2.46 bits per heavy atom. The fourth-order valence-corrected chi connectivity index (χ4v) is 4.45. The van der Waals surface area contributed by atoms with Gasteiger partial charge in [-0.05, 0) is 24.2 Å². The van der Waals surface area contributed by atoms with Crippen LogP contribution in [0.1, 0.15) is 18.1 Å². The monoisotopic (exact) mass is 486 g/mol. The van der Waals surface area contributed by atoms with E-state index in [-0.39, 0.29) is 11.6 Å². The molecule has 0 saturated carbocycles. The first-order chi connectivity index (χ1) is 12.1. The zero-order valence-corrected chi connectivity index (χ0v) is 17.8. The van der Waals surface area contributed by atoms with Crippen molar-refractivity contribution in [1.82, 2.24) is 4.90 Å². The van der Waals surface area contributed by atoms with Gasteiger partial charge in [0.05, 0.1) is 0 Å². The number of rotatable bonds is 2. The minimum atomic E-state index is -5.09. The van der Waals surface area contributed by atoms with E-state index in [1.165, 1.54) is 28.6 Å². The van der Waals surface area contributed by atoms with Crippen LogP contribution in [0.2, 0.25) is 0 Å². The van der Waals surface area contributed by atoms with E-state index in [4.69, 9.17) is 8.19 Å². The summed E-state index contributed by atoms with van der Waals surface area (Å²) < 4.78 is 29.5. The molecule has 1 heterocycles. The van der Waals surface area contributed by atoms with Crippen molar-refractivity contribution in [2.45, 2.75) is 20.0 Å². The second kappa shape index (κ2) is 8.41. The topological polar surface area (TPSA) is 110 Å². The number of nitrogens with one attached hydrogen (secondary N) is 1. The molecule has 0 radical (unpaired) electrons. The number of halogens is 1. The Kier molecular flexibility index (Phi) is 6.71. The maximum atomic E-state index is 10.9. The molecular weight excluding hydrogens is 467 g/mol. The van der Waals surface area contributed by atoms with Crippen LogP contribution in [-0.2, 0) is 21.6 Å². The first kappa shape index (κ1) is 20.7. The van der Waals surface area contributed by atoms with Crippen LogP contribution in [0.3, 0.4) is 0 Å². The van der Waals surface area contributed by atoms with Crippen molar-refractivity contribution in [1.29, 1.82) is 0 Å². The van der Waals surface area contributed by atoms with Crippen molar-refractivity contribution in [3.63, 3.8) is 0 Å². The number of phenols is 1. The molecule has 2 aromatic carbocycles. The van der Waals surface area contributed by atoms with Crippen molar-refractivity contribution in [2.24, 2.45) is 0 Å². The van der Waals surface area contributed by atoms with Crippen LogP contribution >= 0.6 is 15.9 Å². The summed E-state index contributed by atoms with van der Waals surface area (Å²) in [4.78, 5) is 13.0. The third-order valence-corrected chi connectivity index (χ3v) is 6.55. The van der Waals surface area contributed by atoms with Crippen LogP contribution in [0, 0.1) is 0 Å². The smallest absolute Gasteiger partial charge is 0.0248 e. The normalized spacial score (nSPS) is 13.6. The summed E-state index contributed by atoms with van der Waals surface area (Å²) in [5.41, 5.74) is 3.20. The molecule has 0 aromatic heterocycles. The van der Waals surface area contributed by atoms with Gasteiger partial charge >= 0.3 is 88.1 Å². The summed E-state index contributed by atoms with van der Waals surface area (Å²) in [5.74, 6) is -0.850. The molecule has 0 atom stereocenters. The van der Waals surface area contributed by atoms with E-state index in [2.05, 4.69) is 51.4 Å². The third kappa shape index (κ3) is 5.46. The van der Waals surface area contributed by atoms with Crippen molar-refractivity contribution in [2.75, 3.05) is 12.4 Å². The average Bonchev–Trinajstić information content (AvgIpc) is 2.88. The van der Waals surface area contributed by atoms with Gasteiger partial charge in [-0.25, -0.2) is 0 Å². The molecule has 7 nitrogen and oxygen atoms in total. The fourth-order valence-electron chi connectivity index (χ4n) is 2.60. The summed E-state index contributed by atoms with van der Waals surface area (Å²) in [7, 11) is 2.15. The van der Waals surface area contributed by atoms with Crippen molar-refractivity contribution >= 4 is 46.0 Å². The Labute approximate surface area is 162 Å². The van der Waals surface area contributed by atoms with E-state index in [0.717, 1.165) is 25.2 Å². The second-order valence-electron chi connectivity index (χ2n) is 5.98. The minimum Gasteiger partial charge on any atom is -0.298 e. The molecule has 0 fully saturated rings. The number of nitrogens with zero attached hydrogens (tertiary/aromatic N) is 1. The van der Waals surface area contributed by atoms with E-state index in [1.54, 1.807) is 0 Å². The Bertz CT molecular complexity index is 868. The molecule has 3 rings (SSSR count). The van der Waals surface area contributed by atoms with Gasteiger partial charge in [-0.2, -0.15) is 0 Å². The number of carbonyl (C=O) groups is 1. The number of aromatic hydroxyl groups is 1. The molecule has 0 saturated heterocycles. The Balaban J connectivity index is 0.000000195. The number of phenolic OH excluding ortho intramolecular Hbond substituents is 1. The Morgan fingerprint density at radius 2 is 1.92 bits per heavy atom. The van der Waals surface area contributed by atoms with Crippen LogP contribution in [0.4, 0.5) is 5.69 Å². The second-order valence-corrected chi connectivity index (χ2v) is 10.1. The van der Waals surface area contributed by atoms with Gasteiger partial charge in [0.1, 0.15) is 0 Å². The number of amides is 1. The van der Waals surface area contributed by atoms with Crippen LogP contribution < -0.4 is 9.67 Å². The van der Waals surface area contributed by atoms with Gasteiger partial charge in [0.15, 0.2) is 0 Å². The molecule has 2 aromatic rings. The molecule has 0 bridgehead atoms. The zero-order valence-electron chi connectivity index (χ0n) is 14.3. The largest absolute Gasteiger partial charge is 0.298 e. The molecule has 0 aliphatic carbocycles. The summed E-state index contributed by atoms with van der Waals surface area (Å²) >= 11 is -1.54. The van der Waals surface area contributed by atoms with Gasteiger partial charge in [0.2, 0.25) is 0 Å². The molecule has 1 aliphatic rings. The molecule has 1 aliphatic heterocycles. The van der Waals surface area contributed by atoms with E-state index in [9.17, 15) is 13.6 Å². The predicted molar refractivity (Wildman–Crippen MR) is 102 cm³/mol. The third-order valence-electron chi connectivity index (χ3n) is 3.69. The molecule has 0 unspecified atom stereocenters. The number of hydrogen-bond donors (Lipinski definition) is 4. The van der Waals surface area contributed by atoms with E-state index in [0.29, 0.717) is 0 Å². The molecular formula is C17H20AsBrN2O5. The van der Waals surface area contributed by atoms with Crippen LogP contribution in [0.25, 0.3) is 0 Å². The molecule has 4 N–H and O–H groups in total. The SMILES string of the molecule is CC(=O)Nc1ccc([As](=O)(O)O)c(O)c1.CN1Cc2cccc(Br)c2C1. The number of fused-ring (bicyclic) bond motifs is 1. The van der Waals surface area contributed by atoms with Gasteiger partial charge in [0, 0.05) is 17.6 Å². The van der Waals surface area contributed by atoms with Crippen molar-refractivity contribution in [3.05, 3.63) is 52.0 Å². The maximum Gasteiger partial charge on any atom is 0.0248 e. The number of carbonyl (C=O) groups excluding carboxylic acids is 1. The van der Waals surface area contributed by atoms with Crippen LogP contribution in [0.5, 0.6) is 5.75 Å². The Morgan fingerprint density at radius 1 is 1.23 bits per heavy atom. The maximum absolute atomic E-state index is 10.9. The number of hydrogen-bond acceptors (Lipinski definition) is 4. The first-order valence-corrected chi connectivity index (χ1v) is 11.9. The number of benzene rings is 2. The molecule has 1 amide bonds. The van der Waals surface area contributed by atoms with E-state index >= 15 is 0 Å². The van der Waals surface area contributed by atoms with E-state index in [1.807, 2.05) is 0 Å². The van der Waals surface area contributed by atoms with Gasteiger partial charge in [-0.3, -0.25) is 4.90 Å². The van der Waals surface area contributed by atoms with Gasteiger partial charge in [-0.15, -0.1) is 0 Å². The van der Waals surface area contributed by atoms with Gasteiger partial charge in [0.25, 0.3) is 0 Å². The van der Waals surface area contributed by atoms with Gasteiger partial charge < -0.3 is 0 Å². The first-order valence-electron chi connectivity index (χ1n) is 7.69. The van der Waals surface area contributed by atoms with Crippen LogP contribution in [0.15, 0.2) is 40.9 Å². The van der Waals surface area contributed by atoms with Crippen molar-refractivity contribution in [3.8, 4) is 5.75 Å².